The summed E-state index contributed by atoms with van der Waals surface area (Å²) in [6.07, 6.45) is 6.51. The summed E-state index contributed by atoms with van der Waals surface area (Å²) in [6, 6.07) is 0. The van der Waals surface area contributed by atoms with Crippen LogP contribution >= 0.6 is 24.7 Å². The Bertz CT molecular complexity index is 415. The van der Waals surface area contributed by atoms with Gasteiger partial charge in [-0.3, -0.25) is 0 Å². The summed E-state index contributed by atoms with van der Waals surface area (Å²) in [5.74, 6) is 0.925. The van der Waals surface area contributed by atoms with Gasteiger partial charge in [0.15, 0.2) is 36.3 Å². The van der Waals surface area contributed by atoms with E-state index in [1.165, 1.54) is 5.01 Å². The fourth-order valence-electron chi connectivity index (χ4n) is 1.48. The normalized spacial score (nSPS) is 18.3. The van der Waals surface area contributed by atoms with Crippen LogP contribution < -0.4 is 0 Å². The zero-order chi connectivity index (χ0) is 12.3. The Morgan fingerprint density at radius 2 is 2.24 bits per heavy atom. The highest BCUT2D eigenvalue weighted by Crippen LogP contribution is 2.35. The molecule has 0 spiro atoms. The summed E-state index contributed by atoms with van der Waals surface area (Å²) in [5, 5.41) is 5.50. The van der Waals surface area contributed by atoms with Crippen LogP contribution in [0.5, 0.6) is 0 Å². The predicted octanol–water partition coefficient (Wildman–Crippen LogP) is 3.59. The van der Waals surface area contributed by atoms with Crippen molar-refractivity contribution in [2.45, 2.75) is 19.8 Å². The smallest absolute Gasteiger partial charge is 0.179 e. The summed E-state index contributed by atoms with van der Waals surface area (Å²) >= 11 is -0.400. The van der Waals surface area contributed by atoms with Gasteiger partial charge in [-0.05, 0) is 12.5 Å². The van der Waals surface area contributed by atoms with E-state index < -0.39 is 0 Å². The lowest BCUT2D eigenvalue weighted by Gasteiger charge is -2.30. The first-order chi connectivity index (χ1) is 8.30. The van der Waals surface area contributed by atoms with E-state index in [0.717, 1.165) is 9.42 Å². The largest absolute Gasteiger partial charge is 0.234 e. The third kappa shape index (κ3) is 2.47. The number of fused-ring (bicyclic) bond motifs is 1. The molecule has 0 atom stereocenters. The first kappa shape index (κ1) is 12.4. The molecule has 17 heavy (non-hydrogen) atoms. The van der Waals surface area contributed by atoms with E-state index in [4.69, 9.17) is 0 Å². The van der Waals surface area contributed by atoms with Crippen molar-refractivity contribution in [2.24, 2.45) is 10.1 Å². The van der Waals surface area contributed by atoms with Crippen LogP contribution in [0.4, 0.5) is 7.77 Å². The first-order valence-corrected chi connectivity index (χ1v) is 6.34. The van der Waals surface area contributed by atoms with Crippen molar-refractivity contribution in [2.75, 3.05) is 0 Å². The maximum absolute atomic E-state index is 12.6. The molecule has 92 valence electrons. The van der Waals surface area contributed by atoms with Gasteiger partial charge in [-0.25, -0.2) is 4.99 Å². The van der Waals surface area contributed by atoms with Crippen molar-refractivity contribution in [1.29, 1.82) is 0 Å². The Kier molecular flexibility index (Phi) is 4.06. The zero-order valence-electron chi connectivity index (χ0n) is 9.01. The molecule has 0 amide bonds. The van der Waals surface area contributed by atoms with Gasteiger partial charge >= 0.3 is 0 Å². The van der Waals surface area contributed by atoms with Gasteiger partial charge in [-0.1, -0.05) is 6.92 Å². The van der Waals surface area contributed by atoms with Crippen molar-refractivity contribution < 1.29 is 7.77 Å². The fraction of sp³-hybridized carbons (Fsp3) is 0.333. The number of aliphatic imine (C=N–C) groups is 1. The molecule has 0 aromatic heterocycles. The van der Waals surface area contributed by atoms with Gasteiger partial charge in [0.2, 0.25) is 0 Å². The number of hydrogen-bond acceptors (Lipinski definition) is 6. The molecule has 0 aliphatic carbocycles. The standard InChI is InChI=1S/C9H10F2N4S2/c1-2-7-6-9(15(16-10)17-11)14-8(13-7)4-3-5-12-14/h4-6H,2-3H2,1H3. The van der Waals surface area contributed by atoms with Crippen molar-refractivity contribution in [3.63, 3.8) is 0 Å². The topological polar surface area (TPSA) is 31.2 Å². The minimum atomic E-state index is -0.200. The van der Waals surface area contributed by atoms with Gasteiger partial charge in [-0.15, -0.1) is 7.77 Å². The van der Waals surface area contributed by atoms with Gasteiger partial charge in [-0.2, -0.15) is 13.8 Å². The van der Waals surface area contributed by atoms with Crippen LogP contribution in [0, 0.1) is 0 Å². The van der Waals surface area contributed by atoms with Crippen LogP contribution in [0.15, 0.2) is 33.9 Å². The molecule has 0 saturated carbocycles. The van der Waals surface area contributed by atoms with Crippen LogP contribution in [0.1, 0.15) is 19.8 Å². The molecule has 4 nitrogen and oxygen atoms in total. The zero-order valence-corrected chi connectivity index (χ0v) is 10.6. The predicted molar refractivity (Wildman–Crippen MR) is 68.1 cm³/mol. The van der Waals surface area contributed by atoms with Crippen molar-refractivity contribution >= 4 is 36.6 Å². The minimum absolute atomic E-state index is 0.200. The van der Waals surface area contributed by atoms with Crippen molar-refractivity contribution in [1.82, 2.24) is 8.72 Å². The van der Waals surface area contributed by atoms with Crippen LogP contribution in [-0.2, 0) is 0 Å². The van der Waals surface area contributed by atoms with Crippen LogP contribution in [0.2, 0.25) is 0 Å². The molecule has 0 unspecified atom stereocenters. The van der Waals surface area contributed by atoms with Gasteiger partial charge in [0.1, 0.15) is 0 Å². The van der Waals surface area contributed by atoms with Crippen molar-refractivity contribution in [3.05, 3.63) is 23.8 Å². The average Bonchev–Trinajstić information content (AvgIpc) is 2.39. The van der Waals surface area contributed by atoms with Gasteiger partial charge in [0, 0.05) is 24.4 Å². The van der Waals surface area contributed by atoms with E-state index >= 15 is 0 Å². The number of nitrogens with zero attached hydrogens (tertiary/aromatic N) is 4. The van der Waals surface area contributed by atoms with Gasteiger partial charge < -0.3 is 0 Å². The Balaban J connectivity index is 2.36. The number of hydrazone groups is 1. The second kappa shape index (κ2) is 5.54. The molecular weight excluding hydrogens is 266 g/mol. The first-order valence-electron chi connectivity index (χ1n) is 4.99. The van der Waals surface area contributed by atoms with Crippen LogP contribution in [0.3, 0.4) is 0 Å². The van der Waals surface area contributed by atoms with Crippen LogP contribution in [-0.4, -0.2) is 20.6 Å². The lowest BCUT2D eigenvalue weighted by Crippen LogP contribution is -2.28. The summed E-state index contributed by atoms with van der Waals surface area (Å²) in [5.41, 5.74) is 0.771. The maximum atomic E-state index is 12.6. The molecule has 2 heterocycles. The number of hydrogen-bond donors (Lipinski definition) is 0. The third-order valence-electron chi connectivity index (χ3n) is 2.27. The van der Waals surface area contributed by atoms with Gasteiger partial charge in [0.05, 0.1) is 0 Å². The van der Waals surface area contributed by atoms with Crippen LogP contribution in [0.25, 0.3) is 0 Å². The summed E-state index contributed by atoms with van der Waals surface area (Å²) in [6.45, 7) is 1.94. The third-order valence-corrected chi connectivity index (χ3v) is 3.23. The molecule has 0 radical (unpaired) electrons. The molecule has 0 bridgehead atoms. The van der Waals surface area contributed by atoms with E-state index in [1.807, 2.05) is 13.0 Å². The highest BCUT2D eigenvalue weighted by molar-refractivity contribution is 8.07. The average molecular weight is 276 g/mol. The molecule has 0 aromatic rings. The SMILES string of the molecule is CCC1=NC2=CCC=NN2C(N(SF)SF)=C1. The Hall–Kier alpha value is -1.02. The van der Waals surface area contributed by atoms with E-state index in [0.29, 0.717) is 24.5 Å². The molecule has 0 N–H and O–H groups in total. The minimum Gasteiger partial charge on any atom is -0.234 e. The number of halogens is 2. The Morgan fingerprint density at radius 1 is 1.47 bits per heavy atom. The highest BCUT2D eigenvalue weighted by atomic mass is 32.3. The van der Waals surface area contributed by atoms with Crippen molar-refractivity contribution in [3.8, 4) is 0 Å². The number of allylic oxidation sites excluding steroid dienone is 2. The Morgan fingerprint density at radius 3 is 2.88 bits per heavy atom. The van der Waals surface area contributed by atoms with E-state index in [1.54, 1.807) is 12.3 Å². The fourth-order valence-corrected chi connectivity index (χ4v) is 1.97. The monoisotopic (exact) mass is 276 g/mol. The molecule has 0 saturated heterocycles. The highest BCUT2D eigenvalue weighted by Gasteiger charge is 2.27. The number of rotatable bonds is 4. The lowest BCUT2D eigenvalue weighted by atomic mass is 10.2. The molecule has 2 aliphatic heterocycles. The molecule has 8 heteroatoms. The van der Waals surface area contributed by atoms with E-state index in [-0.39, 0.29) is 24.7 Å². The molecule has 0 aromatic carbocycles. The Labute approximate surface area is 107 Å². The molecule has 2 rings (SSSR count). The lowest BCUT2D eigenvalue weighted by molar-refractivity contribution is 0.392. The van der Waals surface area contributed by atoms with E-state index in [2.05, 4.69) is 10.1 Å². The molecular formula is C9H10F2N4S2. The maximum Gasteiger partial charge on any atom is 0.179 e. The van der Waals surface area contributed by atoms with Gasteiger partial charge in [0.25, 0.3) is 0 Å². The summed E-state index contributed by atoms with van der Waals surface area (Å²) < 4.78 is 26.1. The second-order valence-electron chi connectivity index (χ2n) is 3.26. The van der Waals surface area contributed by atoms with E-state index in [9.17, 15) is 7.77 Å². The second-order valence-corrected chi connectivity index (χ2v) is 4.50. The molecule has 0 fully saturated rings. The summed E-state index contributed by atoms with van der Waals surface area (Å²) in [4.78, 5) is 4.35. The summed E-state index contributed by atoms with van der Waals surface area (Å²) in [7, 11) is 0. The quantitative estimate of drug-likeness (QED) is 0.734. The molecule has 2 aliphatic rings.